The van der Waals surface area contributed by atoms with Crippen LogP contribution in [0.1, 0.15) is 11.1 Å². The SMILES string of the molecule is N#Cc1cnc(NC(=O)Nc2ccc3c(c2)S(=O)(=O)C=C3)nc1. The Labute approximate surface area is 131 Å². The normalized spacial score (nSPS) is 13.9. The Bertz CT molecular complexity index is 959. The third kappa shape index (κ3) is 3.02. The number of hydrogen-bond donors (Lipinski definition) is 2. The van der Waals surface area contributed by atoms with Crippen molar-refractivity contribution in [2.75, 3.05) is 10.6 Å². The minimum Gasteiger partial charge on any atom is -0.308 e. The van der Waals surface area contributed by atoms with E-state index in [-0.39, 0.29) is 16.4 Å². The fourth-order valence-electron chi connectivity index (χ4n) is 1.95. The molecule has 0 spiro atoms. The molecule has 0 saturated carbocycles. The number of nitrogens with zero attached hydrogens (tertiary/aromatic N) is 3. The summed E-state index contributed by atoms with van der Waals surface area (Å²) in [5, 5.41) is 14.6. The van der Waals surface area contributed by atoms with E-state index < -0.39 is 15.9 Å². The van der Waals surface area contributed by atoms with Gasteiger partial charge in [-0.15, -0.1) is 0 Å². The maximum Gasteiger partial charge on any atom is 0.326 e. The molecule has 1 aromatic carbocycles. The van der Waals surface area contributed by atoms with E-state index in [1.54, 1.807) is 12.1 Å². The Morgan fingerprint density at radius 1 is 1.17 bits per heavy atom. The van der Waals surface area contributed by atoms with Crippen molar-refractivity contribution in [1.82, 2.24) is 9.97 Å². The van der Waals surface area contributed by atoms with Crippen molar-refractivity contribution in [3.8, 4) is 6.07 Å². The first kappa shape index (κ1) is 14.7. The zero-order chi connectivity index (χ0) is 16.4. The molecule has 0 radical (unpaired) electrons. The molecule has 0 saturated heterocycles. The molecular formula is C14H9N5O3S. The summed E-state index contributed by atoms with van der Waals surface area (Å²) in [5.74, 6) is 0.0250. The summed E-state index contributed by atoms with van der Waals surface area (Å²) >= 11 is 0. The molecule has 0 atom stereocenters. The van der Waals surface area contributed by atoms with Crippen LogP contribution in [0.2, 0.25) is 0 Å². The second kappa shape index (κ2) is 5.51. The number of fused-ring (bicyclic) bond motifs is 1. The molecule has 8 nitrogen and oxygen atoms in total. The van der Waals surface area contributed by atoms with Crippen LogP contribution in [0.5, 0.6) is 0 Å². The molecule has 0 bridgehead atoms. The van der Waals surface area contributed by atoms with Crippen molar-refractivity contribution in [3.05, 3.63) is 47.1 Å². The molecule has 1 aromatic heterocycles. The highest BCUT2D eigenvalue weighted by Gasteiger charge is 2.21. The van der Waals surface area contributed by atoms with E-state index in [9.17, 15) is 13.2 Å². The summed E-state index contributed by atoms with van der Waals surface area (Å²) in [6.07, 6.45) is 4.05. The summed E-state index contributed by atoms with van der Waals surface area (Å²) < 4.78 is 23.6. The zero-order valence-corrected chi connectivity index (χ0v) is 12.3. The van der Waals surface area contributed by atoms with Crippen molar-refractivity contribution >= 4 is 33.6 Å². The molecule has 0 unspecified atom stereocenters. The number of urea groups is 1. The molecule has 2 heterocycles. The molecule has 2 aromatic rings. The summed E-state index contributed by atoms with van der Waals surface area (Å²) in [7, 11) is -3.44. The number of nitrogens with one attached hydrogen (secondary N) is 2. The van der Waals surface area contributed by atoms with Crippen LogP contribution in [-0.4, -0.2) is 24.4 Å². The lowest BCUT2D eigenvalue weighted by Crippen LogP contribution is -2.21. The fourth-order valence-corrected chi connectivity index (χ4v) is 3.17. The van der Waals surface area contributed by atoms with Gasteiger partial charge >= 0.3 is 6.03 Å². The Balaban J connectivity index is 1.73. The number of benzene rings is 1. The third-order valence-electron chi connectivity index (χ3n) is 3.01. The Morgan fingerprint density at radius 2 is 1.91 bits per heavy atom. The number of nitriles is 1. The van der Waals surface area contributed by atoms with Gasteiger partial charge in [0.25, 0.3) is 0 Å². The Hall–Kier alpha value is -3.25. The van der Waals surface area contributed by atoms with Crippen molar-refractivity contribution in [1.29, 1.82) is 5.26 Å². The van der Waals surface area contributed by atoms with Crippen LogP contribution in [0.25, 0.3) is 6.08 Å². The molecule has 2 amide bonds. The molecule has 9 heteroatoms. The molecule has 0 aliphatic carbocycles. The first-order chi connectivity index (χ1) is 11.0. The second-order valence-electron chi connectivity index (χ2n) is 4.59. The lowest BCUT2D eigenvalue weighted by atomic mass is 10.2. The largest absolute Gasteiger partial charge is 0.326 e. The lowest BCUT2D eigenvalue weighted by molar-refractivity contribution is 0.262. The minimum atomic E-state index is -3.44. The predicted octanol–water partition coefficient (Wildman–Crippen LogP) is 1.75. The van der Waals surface area contributed by atoms with Crippen LogP contribution >= 0.6 is 0 Å². The van der Waals surface area contributed by atoms with Crippen molar-refractivity contribution in [3.63, 3.8) is 0 Å². The van der Waals surface area contributed by atoms with Crippen LogP contribution in [0.3, 0.4) is 0 Å². The molecule has 2 N–H and O–H groups in total. The molecular weight excluding hydrogens is 318 g/mol. The van der Waals surface area contributed by atoms with Gasteiger partial charge in [-0.1, -0.05) is 6.07 Å². The van der Waals surface area contributed by atoms with E-state index in [0.29, 0.717) is 11.3 Å². The monoisotopic (exact) mass is 327 g/mol. The van der Waals surface area contributed by atoms with Crippen LogP contribution in [-0.2, 0) is 9.84 Å². The quantitative estimate of drug-likeness (QED) is 0.865. The van der Waals surface area contributed by atoms with Gasteiger partial charge in [0.15, 0.2) is 0 Å². The topological polar surface area (TPSA) is 125 Å². The van der Waals surface area contributed by atoms with E-state index in [4.69, 9.17) is 5.26 Å². The fraction of sp³-hybridized carbons (Fsp3) is 0. The van der Waals surface area contributed by atoms with E-state index in [2.05, 4.69) is 20.6 Å². The molecule has 3 rings (SSSR count). The van der Waals surface area contributed by atoms with Crippen LogP contribution < -0.4 is 10.6 Å². The van der Waals surface area contributed by atoms with E-state index in [1.807, 2.05) is 6.07 Å². The Kier molecular flexibility index (Phi) is 3.51. The number of rotatable bonds is 2. The van der Waals surface area contributed by atoms with Gasteiger partial charge in [0.1, 0.15) is 6.07 Å². The number of hydrogen-bond acceptors (Lipinski definition) is 6. The highest BCUT2D eigenvalue weighted by Crippen LogP contribution is 2.29. The standard InChI is InChI=1S/C14H9N5O3S/c15-6-9-7-16-13(17-8-9)19-14(20)18-11-2-1-10-3-4-23(21,22)12(10)5-11/h1-5,7-8H,(H2,16,17,18,19,20). The molecule has 1 aliphatic rings. The molecule has 1 aliphatic heterocycles. The van der Waals surface area contributed by atoms with Crippen molar-refractivity contribution in [2.24, 2.45) is 0 Å². The maximum absolute atomic E-state index is 11.9. The zero-order valence-electron chi connectivity index (χ0n) is 11.5. The van der Waals surface area contributed by atoms with Gasteiger partial charge in [0.05, 0.1) is 22.9 Å². The number of anilines is 2. The molecule has 114 valence electrons. The average Bonchev–Trinajstić information content (AvgIpc) is 2.83. The van der Waals surface area contributed by atoms with Crippen LogP contribution in [0.4, 0.5) is 16.4 Å². The predicted molar refractivity (Wildman–Crippen MR) is 82.1 cm³/mol. The van der Waals surface area contributed by atoms with Crippen molar-refractivity contribution in [2.45, 2.75) is 4.90 Å². The van der Waals surface area contributed by atoms with E-state index in [1.165, 1.54) is 24.5 Å². The second-order valence-corrected chi connectivity index (χ2v) is 6.39. The van der Waals surface area contributed by atoms with Crippen LogP contribution in [0, 0.1) is 11.3 Å². The average molecular weight is 327 g/mol. The van der Waals surface area contributed by atoms with Gasteiger partial charge in [0.2, 0.25) is 15.8 Å². The van der Waals surface area contributed by atoms with Crippen LogP contribution in [0.15, 0.2) is 40.9 Å². The van der Waals surface area contributed by atoms with Gasteiger partial charge in [-0.3, -0.25) is 5.32 Å². The summed E-state index contributed by atoms with van der Waals surface area (Å²) in [5.41, 5.74) is 1.17. The minimum absolute atomic E-state index is 0.0250. The molecule has 23 heavy (non-hydrogen) atoms. The lowest BCUT2D eigenvalue weighted by Gasteiger charge is -2.08. The Morgan fingerprint density at radius 3 is 2.61 bits per heavy atom. The number of carbonyl (C=O) groups is 1. The van der Waals surface area contributed by atoms with E-state index in [0.717, 1.165) is 5.41 Å². The maximum atomic E-state index is 11.9. The number of carbonyl (C=O) groups excluding carboxylic acids is 1. The van der Waals surface area contributed by atoms with Gasteiger partial charge in [-0.05, 0) is 23.8 Å². The molecule has 0 fully saturated rings. The highest BCUT2D eigenvalue weighted by molar-refractivity contribution is 7.94. The van der Waals surface area contributed by atoms with Gasteiger partial charge in [0, 0.05) is 11.1 Å². The van der Waals surface area contributed by atoms with Gasteiger partial charge in [-0.25, -0.2) is 23.2 Å². The van der Waals surface area contributed by atoms with E-state index >= 15 is 0 Å². The van der Waals surface area contributed by atoms with Gasteiger partial charge in [-0.2, -0.15) is 5.26 Å². The number of aromatic nitrogens is 2. The first-order valence-electron chi connectivity index (χ1n) is 6.35. The van der Waals surface area contributed by atoms with Crippen molar-refractivity contribution < 1.29 is 13.2 Å². The number of sulfone groups is 1. The number of amides is 2. The van der Waals surface area contributed by atoms with Gasteiger partial charge < -0.3 is 5.32 Å². The highest BCUT2D eigenvalue weighted by atomic mass is 32.2. The summed E-state index contributed by atoms with van der Waals surface area (Å²) in [6, 6.07) is 5.80. The first-order valence-corrected chi connectivity index (χ1v) is 7.90. The summed E-state index contributed by atoms with van der Waals surface area (Å²) in [6.45, 7) is 0. The summed E-state index contributed by atoms with van der Waals surface area (Å²) in [4.78, 5) is 19.6. The third-order valence-corrected chi connectivity index (χ3v) is 4.47. The smallest absolute Gasteiger partial charge is 0.308 e.